The minimum Gasteiger partial charge on any atom is -0.476 e. The van der Waals surface area contributed by atoms with Gasteiger partial charge in [0.05, 0.1) is 14.7 Å². The average Bonchev–Trinajstić information content (AvgIpc) is 2.07. The van der Waals surface area contributed by atoms with E-state index in [2.05, 4.69) is 24.6 Å². The predicted octanol–water partition coefficient (Wildman–Crippen LogP) is 2.16. The van der Waals surface area contributed by atoms with E-state index in [0.717, 1.165) is 5.19 Å². The van der Waals surface area contributed by atoms with Gasteiger partial charge in [-0.1, -0.05) is 19.6 Å². The Hall–Kier alpha value is -0.903. The van der Waals surface area contributed by atoms with Gasteiger partial charge in [-0.25, -0.2) is 9.37 Å². The van der Waals surface area contributed by atoms with E-state index in [1.54, 1.807) is 12.3 Å². The summed E-state index contributed by atoms with van der Waals surface area (Å²) in [6, 6.07) is 1.75. The van der Waals surface area contributed by atoms with E-state index in [9.17, 15) is 4.39 Å². The number of hydrogen-bond donors (Lipinski definition) is 0. The number of rotatable bonds is 3. The smallest absolute Gasteiger partial charge is 0.250 e. The molecule has 0 saturated carbocycles. The zero-order valence-corrected chi connectivity index (χ0v) is 10.1. The molecule has 0 saturated heterocycles. The van der Waals surface area contributed by atoms with Crippen LogP contribution in [0.3, 0.4) is 0 Å². The molecule has 0 aliphatic carbocycles. The molecule has 0 aliphatic rings. The Bertz CT molecular complexity index is 322. The monoisotopic (exact) mass is 213 g/mol. The zero-order valence-electron chi connectivity index (χ0n) is 9.10. The van der Waals surface area contributed by atoms with Crippen LogP contribution in [0.25, 0.3) is 0 Å². The Kier molecular flexibility index (Phi) is 3.26. The zero-order chi connectivity index (χ0) is 10.8. The highest BCUT2D eigenvalue weighted by molar-refractivity contribution is 6.88. The molecule has 0 aliphatic heterocycles. The van der Waals surface area contributed by atoms with Crippen molar-refractivity contribution < 1.29 is 9.13 Å². The van der Waals surface area contributed by atoms with Gasteiger partial charge in [0.2, 0.25) is 5.88 Å². The number of ether oxygens (including phenoxy) is 1. The average molecular weight is 213 g/mol. The molecule has 0 unspecified atom stereocenters. The van der Waals surface area contributed by atoms with Gasteiger partial charge in [-0.05, 0) is 18.2 Å². The van der Waals surface area contributed by atoms with E-state index in [1.807, 2.05) is 6.92 Å². The molecule has 0 atom stereocenters. The second-order valence-electron chi connectivity index (χ2n) is 4.16. The van der Waals surface area contributed by atoms with Crippen molar-refractivity contribution in [1.29, 1.82) is 0 Å². The minimum atomic E-state index is -1.63. The fourth-order valence-corrected chi connectivity index (χ4v) is 2.58. The number of hydrogen-bond acceptors (Lipinski definition) is 2. The summed E-state index contributed by atoms with van der Waals surface area (Å²) in [6.45, 7) is 8.56. The topological polar surface area (TPSA) is 22.1 Å². The van der Waals surface area contributed by atoms with Gasteiger partial charge in [0.25, 0.3) is 0 Å². The summed E-state index contributed by atoms with van der Waals surface area (Å²) >= 11 is 0. The first kappa shape index (κ1) is 11.2. The van der Waals surface area contributed by atoms with Crippen LogP contribution in [0.2, 0.25) is 19.6 Å². The molecular weight excluding hydrogens is 197 g/mol. The predicted molar refractivity (Wildman–Crippen MR) is 58.3 cm³/mol. The van der Waals surface area contributed by atoms with Crippen LogP contribution in [0.1, 0.15) is 6.92 Å². The van der Waals surface area contributed by atoms with Crippen LogP contribution in [-0.2, 0) is 0 Å². The third kappa shape index (κ3) is 2.32. The molecule has 0 aromatic carbocycles. The van der Waals surface area contributed by atoms with Crippen LogP contribution in [-0.4, -0.2) is 19.7 Å². The molecule has 0 spiro atoms. The van der Waals surface area contributed by atoms with E-state index in [1.165, 1.54) is 0 Å². The summed E-state index contributed by atoms with van der Waals surface area (Å²) in [5.74, 6) is -0.152. The highest BCUT2D eigenvalue weighted by Crippen LogP contribution is 2.14. The second kappa shape index (κ2) is 4.08. The van der Waals surface area contributed by atoms with Gasteiger partial charge >= 0.3 is 0 Å². The van der Waals surface area contributed by atoms with Crippen molar-refractivity contribution in [3.05, 3.63) is 18.1 Å². The molecule has 0 fully saturated rings. The Balaban J connectivity index is 3.14. The molecule has 0 N–H and O–H groups in total. The van der Waals surface area contributed by atoms with Crippen LogP contribution in [0.15, 0.2) is 12.3 Å². The molecule has 1 aromatic heterocycles. The van der Waals surface area contributed by atoms with Gasteiger partial charge < -0.3 is 4.74 Å². The van der Waals surface area contributed by atoms with Gasteiger partial charge in [0.1, 0.15) is 0 Å². The van der Waals surface area contributed by atoms with Gasteiger partial charge in [0.15, 0.2) is 5.82 Å². The van der Waals surface area contributed by atoms with E-state index >= 15 is 0 Å². The van der Waals surface area contributed by atoms with Crippen molar-refractivity contribution in [1.82, 2.24) is 4.98 Å². The molecular formula is C10H16FNOSi. The van der Waals surface area contributed by atoms with Gasteiger partial charge in [0, 0.05) is 6.20 Å². The van der Waals surface area contributed by atoms with Gasteiger partial charge in [-0.15, -0.1) is 0 Å². The Labute approximate surface area is 85.1 Å². The standard InChI is InChI=1S/C10H16FNOSi/c1-5-13-10-9(11)8(6-7-12-10)14(2,3)4/h6-7H,5H2,1-4H3. The largest absolute Gasteiger partial charge is 0.476 e. The third-order valence-electron chi connectivity index (χ3n) is 1.95. The molecule has 78 valence electrons. The SMILES string of the molecule is CCOc1nccc([Si](C)(C)C)c1F. The van der Waals surface area contributed by atoms with Crippen LogP contribution < -0.4 is 9.92 Å². The number of aromatic nitrogens is 1. The van der Waals surface area contributed by atoms with Crippen LogP contribution in [0, 0.1) is 5.82 Å². The highest BCUT2D eigenvalue weighted by Gasteiger charge is 2.23. The summed E-state index contributed by atoms with van der Waals surface area (Å²) in [5.41, 5.74) is 0. The van der Waals surface area contributed by atoms with Crippen LogP contribution >= 0.6 is 0 Å². The van der Waals surface area contributed by atoms with Crippen LogP contribution in [0.4, 0.5) is 4.39 Å². The quantitative estimate of drug-likeness (QED) is 0.718. The van der Waals surface area contributed by atoms with E-state index in [-0.39, 0.29) is 11.7 Å². The molecule has 1 aromatic rings. The maximum Gasteiger partial charge on any atom is 0.250 e. The van der Waals surface area contributed by atoms with Crippen molar-refractivity contribution in [2.24, 2.45) is 0 Å². The Morgan fingerprint density at radius 3 is 2.57 bits per heavy atom. The molecule has 14 heavy (non-hydrogen) atoms. The van der Waals surface area contributed by atoms with Gasteiger partial charge in [-0.3, -0.25) is 0 Å². The van der Waals surface area contributed by atoms with Crippen molar-refractivity contribution >= 4 is 13.3 Å². The van der Waals surface area contributed by atoms with Crippen molar-refractivity contribution in [2.75, 3.05) is 6.61 Å². The van der Waals surface area contributed by atoms with Gasteiger partial charge in [-0.2, -0.15) is 0 Å². The fourth-order valence-electron chi connectivity index (χ4n) is 1.24. The molecule has 0 amide bonds. The lowest BCUT2D eigenvalue weighted by Crippen LogP contribution is -2.40. The fraction of sp³-hybridized carbons (Fsp3) is 0.500. The van der Waals surface area contributed by atoms with Crippen LogP contribution in [0.5, 0.6) is 5.88 Å². The lowest BCUT2D eigenvalue weighted by molar-refractivity contribution is 0.308. The van der Waals surface area contributed by atoms with E-state index < -0.39 is 8.07 Å². The van der Waals surface area contributed by atoms with Crippen molar-refractivity contribution in [3.63, 3.8) is 0 Å². The summed E-state index contributed by atoms with van der Waals surface area (Å²) in [7, 11) is -1.63. The summed E-state index contributed by atoms with van der Waals surface area (Å²) < 4.78 is 18.9. The lowest BCUT2D eigenvalue weighted by Gasteiger charge is -2.18. The van der Waals surface area contributed by atoms with Crippen molar-refractivity contribution in [3.8, 4) is 5.88 Å². The summed E-state index contributed by atoms with van der Waals surface area (Å²) in [4.78, 5) is 3.87. The second-order valence-corrected chi connectivity index (χ2v) is 9.20. The first-order valence-corrected chi connectivity index (χ1v) is 8.24. The Morgan fingerprint density at radius 2 is 2.07 bits per heavy atom. The summed E-state index contributed by atoms with van der Waals surface area (Å²) in [6.07, 6.45) is 1.61. The maximum atomic E-state index is 13.8. The number of nitrogens with zero attached hydrogens (tertiary/aromatic N) is 1. The highest BCUT2D eigenvalue weighted by atomic mass is 28.3. The number of pyridine rings is 1. The lowest BCUT2D eigenvalue weighted by atomic mass is 10.4. The molecule has 2 nitrogen and oxygen atoms in total. The van der Waals surface area contributed by atoms with Crippen molar-refractivity contribution in [2.45, 2.75) is 26.6 Å². The third-order valence-corrected chi connectivity index (χ3v) is 3.95. The first-order valence-electron chi connectivity index (χ1n) is 4.74. The number of halogens is 1. The summed E-state index contributed by atoms with van der Waals surface area (Å²) in [5, 5.41) is 0.774. The Morgan fingerprint density at radius 1 is 1.43 bits per heavy atom. The molecule has 1 rings (SSSR count). The first-order chi connectivity index (χ1) is 6.46. The molecule has 0 bridgehead atoms. The maximum absolute atomic E-state index is 13.8. The van der Waals surface area contributed by atoms with E-state index in [4.69, 9.17) is 4.74 Å². The molecule has 0 radical (unpaired) electrons. The normalized spacial score (nSPS) is 11.5. The molecule has 4 heteroatoms. The molecule has 1 heterocycles. The minimum absolute atomic E-state index is 0.132. The van der Waals surface area contributed by atoms with E-state index in [0.29, 0.717) is 6.61 Å².